The minimum Gasteiger partial charge on any atom is -0.379 e. The molecule has 0 aromatic heterocycles. The fourth-order valence-corrected chi connectivity index (χ4v) is 4.03. The third-order valence-electron chi connectivity index (χ3n) is 5.30. The molecule has 3 aliphatic heterocycles. The van der Waals surface area contributed by atoms with Gasteiger partial charge in [-0.1, -0.05) is 6.42 Å². The van der Waals surface area contributed by atoms with Gasteiger partial charge in [-0.25, -0.2) is 0 Å². The van der Waals surface area contributed by atoms with Gasteiger partial charge in [-0.2, -0.15) is 0 Å². The highest BCUT2D eigenvalue weighted by atomic mass is 16.5. The van der Waals surface area contributed by atoms with E-state index in [0.717, 1.165) is 51.0 Å². The van der Waals surface area contributed by atoms with Crippen LogP contribution in [0.4, 0.5) is 0 Å². The summed E-state index contributed by atoms with van der Waals surface area (Å²) in [5.41, 5.74) is 0. The molecule has 0 saturated carbocycles. The summed E-state index contributed by atoms with van der Waals surface area (Å²) in [5.74, 6) is 0. The minimum absolute atomic E-state index is 0.757. The minimum atomic E-state index is 0.757. The summed E-state index contributed by atoms with van der Waals surface area (Å²) in [7, 11) is 2.33. The van der Waals surface area contributed by atoms with Crippen molar-refractivity contribution in [3.05, 3.63) is 0 Å². The van der Waals surface area contributed by atoms with Crippen molar-refractivity contribution >= 4 is 0 Å². The van der Waals surface area contributed by atoms with Crippen LogP contribution in [0.2, 0.25) is 0 Å². The number of nitrogens with zero attached hydrogens (tertiary/aromatic N) is 2. The van der Waals surface area contributed by atoms with Crippen molar-refractivity contribution in [2.45, 2.75) is 50.2 Å². The van der Waals surface area contributed by atoms with Gasteiger partial charge in [-0.3, -0.25) is 4.90 Å². The highest BCUT2D eigenvalue weighted by Crippen LogP contribution is 2.32. The van der Waals surface area contributed by atoms with Crippen molar-refractivity contribution in [3.8, 4) is 0 Å². The first-order valence-corrected chi connectivity index (χ1v) is 8.08. The molecule has 4 nitrogen and oxygen atoms in total. The fraction of sp³-hybridized carbons (Fsp3) is 1.00. The maximum absolute atomic E-state index is 5.39. The molecule has 3 fully saturated rings. The summed E-state index contributed by atoms with van der Waals surface area (Å²) in [4.78, 5) is 5.16. The Labute approximate surface area is 117 Å². The monoisotopic (exact) mass is 267 g/mol. The van der Waals surface area contributed by atoms with Gasteiger partial charge in [0.25, 0.3) is 0 Å². The van der Waals surface area contributed by atoms with Crippen molar-refractivity contribution in [1.29, 1.82) is 0 Å². The van der Waals surface area contributed by atoms with Gasteiger partial charge in [0.1, 0.15) is 0 Å². The Morgan fingerprint density at radius 3 is 2.47 bits per heavy atom. The average Bonchev–Trinajstić information content (AvgIpc) is 2.41. The van der Waals surface area contributed by atoms with Crippen LogP contribution in [-0.4, -0.2) is 74.4 Å². The third-order valence-corrected chi connectivity index (χ3v) is 5.30. The Balaban J connectivity index is 1.38. The number of rotatable bonds is 4. The van der Waals surface area contributed by atoms with E-state index in [9.17, 15) is 0 Å². The molecule has 0 aliphatic carbocycles. The first-order valence-electron chi connectivity index (χ1n) is 8.08. The summed E-state index contributed by atoms with van der Waals surface area (Å²) in [6.45, 7) is 6.39. The van der Waals surface area contributed by atoms with Crippen LogP contribution in [-0.2, 0) is 4.74 Å². The number of piperidine rings is 2. The van der Waals surface area contributed by atoms with Gasteiger partial charge >= 0.3 is 0 Å². The molecule has 110 valence electrons. The van der Waals surface area contributed by atoms with Crippen LogP contribution in [0.15, 0.2) is 0 Å². The molecule has 2 unspecified atom stereocenters. The molecular formula is C15H29N3O. The molecule has 19 heavy (non-hydrogen) atoms. The van der Waals surface area contributed by atoms with E-state index in [2.05, 4.69) is 22.2 Å². The van der Waals surface area contributed by atoms with Crippen LogP contribution >= 0.6 is 0 Å². The van der Waals surface area contributed by atoms with Gasteiger partial charge in [-0.05, 0) is 32.7 Å². The average molecular weight is 267 g/mol. The molecule has 3 saturated heterocycles. The quantitative estimate of drug-likeness (QED) is 0.820. The smallest absolute Gasteiger partial charge is 0.0594 e. The molecule has 3 rings (SSSR count). The zero-order valence-corrected chi connectivity index (χ0v) is 12.3. The second-order valence-electron chi connectivity index (χ2n) is 6.48. The second kappa shape index (κ2) is 6.53. The molecule has 1 N–H and O–H groups in total. The van der Waals surface area contributed by atoms with Crippen LogP contribution in [0.3, 0.4) is 0 Å². The summed E-state index contributed by atoms with van der Waals surface area (Å²) in [5, 5.41) is 3.81. The number of fused-ring (bicyclic) bond motifs is 2. The Morgan fingerprint density at radius 1 is 1.11 bits per heavy atom. The second-order valence-corrected chi connectivity index (χ2v) is 6.48. The first-order chi connectivity index (χ1) is 9.33. The zero-order chi connectivity index (χ0) is 13.1. The van der Waals surface area contributed by atoms with E-state index >= 15 is 0 Å². The summed E-state index contributed by atoms with van der Waals surface area (Å²) < 4.78 is 5.39. The third kappa shape index (κ3) is 3.48. The summed E-state index contributed by atoms with van der Waals surface area (Å²) in [6, 6.07) is 2.44. The Hall–Kier alpha value is -0.160. The highest BCUT2D eigenvalue weighted by molar-refractivity contribution is 4.93. The molecule has 3 heterocycles. The number of hydrogen-bond donors (Lipinski definition) is 1. The molecule has 3 aliphatic rings. The van der Waals surface area contributed by atoms with E-state index < -0.39 is 0 Å². The van der Waals surface area contributed by atoms with Crippen molar-refractivity contribution in [2.24, 2.45) is 0 Å². The van der Waals surface area contributed by atoms with Gasteiger partial charge in [-0.15, -0.1) is 0 Å². The highest BCUT2D eigenvalue weighted by Gasteiger charge is 2.35. The maximum atomic E-state index is 5.39. The lowest BCUT2D eigenvalue weighted by atomic mass is 9.82. The van der Waals surface area contributed by atoms with Crippen LogP contribution in [0.25, 0.3) is 0 Å². The molecule has 0 radical (unpaired) electrons. The molecule has 2 atom stereocenters. The van der Waals surface area contributed by atoms with Crippen molar-refractivity contribution < 1.29 is 4.74 Å². The molecule has 0 aromatic carbocycles. The number of ether oxygens (including phenoxy) is 1. The number of morpholine rings is 1. The van der Waals surface area contributed by atoms with Gasteiger partial charge in [0.05, 0.1) is 13.2 Å². The lowest BCUT2D eigenvalue weighted by molar-refractivity contribution is 0.0333. The van der Waals surface area contributed by atoms with Crippen LogP contribution in [0, 0.1) is 0 Å². The Morgan fingerprint density at radius 2 is 1.79 bits per heavy atom. The summed E-state index contributed by atoms with van der Waals surface area (Å²) in [6.07, 6.45) is 6.98. The summed E-state index contributed by atoms with van der Waals surface area (Å²) >= 11 is 0. The standard InChI is InChI=1S/C15H29N3O/c1-17-14-3-2-4-15(17)12-13(11-14)16-5-6-18-7-9-19-10-8-18/h13-16H,2-12H2,1H3. The van der Waals surface area contributed by atoms with E-state index in [4.69, 9.17) is 4.74 Å². The van der Waals surface area contributed by atoms with Gasteiger partial charge in [0, 0.05) is 44.3 Å². The molecule has 2 bridgehead atoms. The largest absolute Gasteiger partial charge is 0.379 e. The van der Waals surface area contributed by atoms with Gasteiger partial charge in [0.15, 0.2) is 0 Å². The van der Waals surface area contributed by atoms with E-state index in [1.165, 1.54) is 38.6 Å². The van der Waals surface area contributed by atoms with Crippen molar-refractivity contribution in [1.82, 2.24) is 15.1 Å². The number of nitrogens with one attached hydrogen (secondary N) is 1. The van der Waals surface area contributed by atoms with Crippen molar-refractivity contribution in [2.75, 3.05) is 46.4 Å². The van der Waals surface area contributed by atoms with E-state index in [-0.39, 0.29) is 0 Å². The zero-order valence-electron chi connectivity index (χ0n) is 12.3. The predicted molar refractivity (Wildman–Crippen MR) is 77.5 cm³/mol. The SMILES string of the molecule is CN1C2CCCC1CC(NCCN1CCOCC1)C2. The normalized spacial score (nSPS) is 37.4. The van der Waals surface area contributed by atoms with E-state index in [1.54, 1.807) is 0 Å². The molecular weight excluding hydrogens is 238 g/mol. The first kappa shape index (κ1) is 13.8. The Kier molecular flexibility index (Phi) is 4.74. The van der Waals surface area contributed by atoms with Crippen LogP contribution in [0.5, 0.6) is 0 Å². The van der Waals surface area contributed by atoms with E-state index in [1.807, 2.05) is 0 Å². The molecule has 0 aromatic rings. The van der Waals surface area contributed by atoms with Crippen LogP contribution < -0.4 is 5.32 Å². The van der Waals surface area contributed by atoms with E-state index in [0.29, 0.717) is 0 Å². The number of hydrogen-bond acceptors (Lipinski definition) is 4. The van der Waals surface area contributed by atoms with Gasteiger partial charge < -0.3 is 15.0 Å². The molecule has 0 amide bonds. The van der Waals surface area contributed by atoms with Gasteiger partial charge in [0.2, 0.25) is 0 Å². The van der Waals surface area contributed by atoms with Crippen molar-refractivity contribution in [3.63, 3.8) is 0 Å². The maximum Gasteiger partial charge on any atom is 0.0594 e. The fourth-order valence-electron chi connectivity index (χ4n) is 4.03. The molecule has 4 heteroatoms. The lowest BCUT2D eigenvalue weighted by Gasteiger charge is -2.47. The molecule has 0 spiro atoms. The van der Waals surface area contributed by atoms with Crippen LogP contribution in [0.1, 0.15) is 32.1 Å². The topological polar surface area (TPSA) is 27.7 Å². The Bertz CT molecular complexity index is 267. The lowest BCUT2D eigenvalue weighted by Crippen LogP contribution is -2.55. The predicted octanol–water partition coefficient (Wildman–Crippen LogP) is 0.924.